The van der Waals surface area contributed by atoms with E-state index in [4.69, 9.17) is 11.6 Å². The van der Waals surface area contributed by atoms with E-state index in [2.05, 4.69) is 5.32 Å². The molecule has 1 aromatic carbocycles. The average molecular weight is 311 g/mol. The molecule has 2 fully saturated rings. The molecule has 112 valence electrons. The fourth-order valence-corrected chi connectivity index (χ4v) is 3.48. The van der Waals surface area contributed by atoms with E-state index in [1.54, 1.807) is 11.0 Å². The Bertz CT molecular complexity index is 599. The number of hydrogen-bond donors (Lipinski definition) is 1. The van der Waals surface area contributed by atoms with E-state index < -0.39 is 11.4 Å². The van der Waals surface area contributed by atoms with Crippen molar-refractivity contribution in [3.63, 3.8) is 0 Å². The Morgan fingerprint density at radius 3 is 2.62 bits per heavy atom. The van der Waals surface area contributed by atoms with Crippen LogP contribution in [0.4, 0.5) is 9.18 Å². The lowest BCUT2D eigenvalue weighted by Crippen LogP contribution is -2.50. The van der Waals surface area contributed by atoms with Crippen LogP contribution in [0.3, 0.4) is 0 Å². The summed E-state index contributed by atoms with van der Waals surface area (Å²) in [6.07, 6.45) is 4.31. The second-order valence-electron chi connectivity index (χ2n) is 5.69. The van der Waals surface area contributed by atoms with Gasteiger partial charge >= 0.3 is 6.03 Å². The second-order valence-corrected chi connectivity index (χ2v) is 6.09. The van der Waals surface area contributed by atoms with E-state index in [0.717, 1.165) is 24.8 Å². The lowest BCUT2D eigenvalue weighted by Gasteiger charge is -2.38. The zero-order chi connectivity index (χ0) is 15.0. The lowest BCUT2D eigenvalue weighted by atomic mass is 9.80. The number of carbonyl (C=O) groups excluding carboxylic acids is 2. The molecule has 0 aromatic heterocycles. The highest BCUT2D eigenvalue weighted by molar-refractivity contribution is 6.30. The molecule has 1 aliphatic heterocycles. The maximum absolute atomic E-state index is 13.2. The van der Waals surface area contributed by atoms with E-state index in [9.17, 15) is 14.0 Å². The van der Waals surface area contributed by atoms with Gasteiger partial charge in [-0.15, -0.1) is 0 Å². The molecule has 0 atom stereocenters. The molecule has 3 amide bonds. The molecule has 1 aliphatic carbocycles. The van der Waals surface area contributed by atoms with Crippen molar-refractivity contribution < 1.29 is 14.0 Å². The summed E-state index contributed by atoms with van der Waals surface area (Å²) in [5.74, 6) is -0.699. The molecule has 0 bridgehead atoms. The largest absolute Gasteiger partial charge is 0.325 e. The third kappa shape index (κ3) is 2.39. The molecule has 1 saturated heterocycles. The van der Waals surface area contributed by atoms with Crippen LogP contribution >= 0.6 is 11.6 Å². The molecule has 0 unspecified atom stereocenters. The number of amides is 3. The molecule has 0 radical (unpaired) electrons. The second kappa shape index (κ2) is 5.30. The van der Waals surface area contributed by atoms with Crippen LogP contribution in [0.5, 0.6) is 0 Å². The third-order valence-corrected chi connectivity index (χ3v) is 4.70. The molecule has 6 heteroatoms. The van der Waals surface area contributed by atoms with Gasteiger partial charge in [0.25, 0.3) is 5.91 Å². The summed E-state index contributed by atoms with van der Waals surface area (Å²) in [5, 5.41) is 2.44. The van der Waals surface area contributed by atoms with Gasteiger partial charge < -0.3 is 4.90 Å². The van der Waals surface area contributed by atoms with Crippen molar-refractivity contribution >= 4 is 23.5 Å². The molecule has 3 rings (SSSR count). The predicted octanol–water partition coefficient (Wildman–Crippen LogP) is 3.23. The molecule has 1 heterocycles. The Kier molecular flexibility index (Phi) is 3.61. The van der Waals surface area contributed by atoms with Gasteiger partial charge in [-0.3, -0.25) is 10.1 Å². The summed E-state index contributed by atoms with van der Waals surface area (Å²) < 4.78 is 13.2. The summed E-state index contributed by atoms with van der Waals surface area (Å²) >= 11 is 5.78. The van der Waals surface area contributed by atoms with E-state index in [-0.39, 0.29) is 23.5 Å². The first-order valence-electron chi connectivity index (χ1n) is 7.10. The van der Waals surface area contributed by atoms with E-state index in [1.165, 1.54) is 12.1 Å². The molecule has 1 aromatic rings. The Labute approximate surface area is 127 Å². The molecule has 4 nitrogen and oxygen atoms in total. The van der Waals surface area contributed by atoms with Crippen LogP contribution in [0, 0.1) is 5.82 Å². The average Bonchev–Trinajstić information content (AvgIpc) is 2.68. The summed E-state index contributed by atoms with van der Waals surface area (Å²) in [6.45, 7) is 0.261. The van der Waals surface area contributed by atoms with Crippen LogP contribution in [-0.2, 0) is 11.3 Å². The molecule has 1 spiro atoms. The summed E-state index contributed by atoms with van der Waals surface area (Å²) in [5.41, 5.74) is -0.0212. The van der Waals surface area contributed by atoms with E-state index >= 15 is 0 Å². The number of carbonyl (C=O) groups is 2. The highest BCUT2D eigenvalue weighted by Gasteiger charge is 2.52. The van der Waals surface area contributed by atoms with Crippen molar-refractivity contribution in [2.75, 3.05) is 0 Å². The first-order chi connectivity index (χ1) is 10.0. The SMILES string of the molecule is O=C1NC(=O)C2(CCCCC2)N1Cc1ccc(F)c(Cl)c1. The first kappa shape index (κ1) is 14.3. The van der Waals surface area contributed by atoms with Crippen molar-refractivity contribution in [3.8, 4) is 0 Å². The maximum Gasteiger partial charge on any atom is 0.325 e. The Balaban J connectivity index is 1.89. The van der Waals surface area contributed by atoms with Crippen LogP contribution in [0.25, 0.3) is 0 Å². The van der Waals surface area contributed by atoms with Crippen LogP contribution < -0.4 is 5.32 Å². The number of benzene rings is 1. The predicted molar refractivity (Wildman–Crippen MR) is 76.3 cm³/mol. The Morgan fingerprint density at radius 2 is 1.95 bits per heavy atom. The van der Waals surface area contributed by atoms with Gasteiger partial charge in [-0.25, -0.2) is 9.18 Å². The van der Waals surface area contributed by atoms with Crippen molar-refractivity contribution in [2.45, 2.75) is 44.2 Å². The van der Waals surface area contributed by atoms with Crippen molar-refractivity contribution in [3.05, 3.63) is 34.6 Å². The van der Waals surface area contributed by atoms with Crippen LogP contribution in [0.1, 0.15) is 37.7 Å². The number of urea groups is 1. The molecule has 1 N–H and O–H groups in total. The van der Waals surface area contributed by atoms with Gasteiger partial charge in [0.2, 0.25) is 0 Å². The van der Waals surface area contributed by atoms with Gasteiger partial charge in [0.1, 0.15) is 11.4 Å². The molecular formula is C15H16ClFN2O2. The summed E-state index contributed by atoms with van der Waals surface area (Å²) in [4.78, 5) is 25.9. The highest BCUT2D eigenvalue weighted by atomic mass is 35.5. The fourth-order valence-electron chi connectivity index (χ4n) is 3.28. The van der Waals surface area contributed by atoms with Gasteiger partial charge in [-0.05, 0) is 30.5 Å². The number of rotatable bonds is 2. The third-order valence-electron chi connectivity index (χ3n) is 4.41. The molecule has 21 heavy (non-hydrogen) atoms. The quantitative estimate of drug-likeness (QED) is 0.853. The van der Waals surface area contributed by atoms with Crippen molar-refractivity contribution in [1.29, 1.82) is 0 Å². The summed E-state index contributed by atoms with van der Waals surface area (Å²) in [6, 6.07) is 4.00. The number of hydrogen-bond acceptors (Lipinski definition) is 2. The number of nitrogens with zero attached hydrogens (tertiary/aromatic N) is 1. The van der Waals surface area contributed by atoms with Crippen LogP contribution in [-0.4, -0.2) is 22.4 Å². The number of halogens is 2. The van der Waals surface area contributed by atoms with Crippen molar-refractivity contribution in [2.24, 2.45) is 0 Å². The Hall–Kier alpha value is -1.62. The number of nitrogens with one attached hydrogen (secondary N) is 1. The smallest absolute Gasteiger partial charge is 0.305 e. The van der Waals surface area contributed by atoms with Gasteiger partial charge in [0.05, 0.1) is 5.02 Å². The molecule has 1 saturated carbocycles. The fraction of sp³-hybridized carbons (Fsp3) is 0.467. The number of imide groups is 1. The lowest BCUT2D eigenvalue weighted by molar-refractivity contribution is -0.128. The van der Waals surface area contributed by atoms with Gasteiger partial charge in [0, 0.05) is 6.54 Å². The van der Waals surface area contributed by atoms with E-state index in [0.29, 0.717) is 12.8 Å². The highest BCUT2D eigenvalue weighted by Crippen LogP contribution is 2.38. The summed E-state index contributed by atoms with van der Waals surface area (Å²) in [7, 11) is 0. The maximum atomic E-state index is 13.2. The topological polar surface area (TPSA) is 49.4 Å². The zero-order valence-corrected chi connectivity index (χ0v) is 12.3. The monoisotopic (exact) mass is 310 g/mol. The van der Waals surface area contributed by atoms with Gasteiger partial charge in [0.15, 0.2) is 0 Å². The standard InChI is InChI=1S/C15H16ClFN2O2/c16-11-8-10(4-5-12(11)17)9-19-14(21)18-13(20)15(19)6-2-1-3-7-15/h4-5,8H,1-3,6-7,9H2,(H,18,20,21). The minimum absolute atomic E-state index is 0.0242. The zero-order valence-electron chi connectivity index (χ0n) is 11.5. The minimum Gasteiger partial charge on any atom is -0.305 e. The van der Waals surface area contributed by atoms with Crippen molar-refractivity contribution in [1.82, 2.24) is 10.2 Å². The van der Waals surface area contributed by atoms with Crippen LogP contribution in [0.2, 0.25) is 5.02 Å². The molecular weight excluding hydrogens is 295 g/mol. The molecule has 2 aliphatic rings. The van der Waals surface area contributed by atoms with Gasteiger partial charge in [-0.1, -0.05) is 36.9 Å². The first-order valence-corrected chi connectivity index (χ1v) is 7.48. The Morgan fingerprint density at radius 1 is 1.24 bits per heavy atom. The van der Waals surface area contributed by atoms with E-state index in [1.807, 2.05) is 0 Å². The van der Waals surface area contributed by atoms with Gasteiger partial charge in [-0.2, -0.15) is 0 Å². The normalized spacial score (nSPS) is 21.0. The van der Waals surface area contributed by atoms with Crippen LogP contribution in [0.15, 0.2) is 18.2 Å². The minimum atomic E-state index is -0.740.